The van der Waals surface area contributed by atoms with Gasteiger partial charge >= 0.3 is 5.97 Å². The summed E-state index contributed by atoms with van der Waals surface area (Å²) in [4.78, 5) is 12.2. The molecule has 0 N–H and O–H groups in total. The second kappa shape index (κ2) is 7.33. The number of rotatable bonds is 4. The Morgan fingerprint density at radius 3 is 2.48 bits per heavy atom. The second-order valence-corrected chi connectivity index (χ2v) is 7.35. The van der Waals surface area contributed by atoms with Gasteiger partial charge in [-0.05, 0) is 45.8 Å². The molecule has 0 aliphatic carbocycles. The van der Waals surface area contributed by atoms with E-state index in [0.717, 1.165) is 19.4 Å². The van der Waals surface area contributed by atoms with Crippen LogP contribution in [0, 0.1) is 0 Å². The highest BCUT2D eigenvalue weighted by atomic mass is 79.9. The van der Waals surface area contributed by atoms with Crippen molar-refractivity contribution in [3.8, 4) is 0 Å². The summed E-state index contributed by atoms with van der Waals surface area (Å²) < 4.78 is 18.7. The molecule has 0 aliphatic rings. The van der Waals surface area contributed by atoms with Crippen LogP contribution in [0.1, 0.15) is 15.9 Å². The van der Waals surface area contributed by atoms with E-state index in [-0.39, 0.29) is 0 Å². The molecule has 2 rings (SSSR count). The van der Waals surface area contributed by atoms with Crippen LogP contribution in [0.25, 0.3) is 0 Å². The van der Waals surface area contributed by atoms with Crippen molar-refractivity contribution >= 4 is 48.6 Å². The number of halogens is 2. The number of esters is 1. The van der Waals surface area contributed by atoms with Gasteiger partial charge in [0.2, 0.25) is 0 Å². The Morgan fingerprint density at radius 2 is 1.86 bits per heavy atom. The minimum absolute atomic E-state index is 0.366. The molecule has 1 unspecified atom stereocenters. The Bertz CT molecular complexity index is 701. The van der Waals surface area contributed by atoms with Crippen molar-refractivity contribution in [1.82, 2.24) is 0 Å². The summed E-state index contributed by atoms with van der Waals surface area (Å²) >= 11 is 6.81. The third kappa shape index (κ3) is 4.02. The van der Waals surface area contributed by atoms with E-state index in [1.807, 2.05) is 24.3 Å². The topological polar surface area (TPSA) is 43.4 Å². The average molecular weight is 432 g/mol. The normalized spacial score (nSPS) is 12.0. The van der Waals surface area contributed by atoms with Crippen molar-refractivity contribution in [2.24, 2.45) is 0 Å². The van der Waals surface area contributed by atoms with Crippen molar-refractivity contribution in [2.45, 2.75) is 10.6 Å². The van der Waals surface area contributed by atoms with Gasteiger partial charge in [-0.25, -0.2) is 4.79 Å². The summed E-state index contributed by atoms with van der Waals surface area (Å²) in [6.07, 6.45) is 0. The Morgan fingerprint density at radius 1 is 1.14 bits per heavy atom. The van der Waals surface area contributed by atoms with Gasteiger partial charge in [-0.3, -0.25) is 4.21 Å². The van der Waals surface area contributed by atoms with Gasteiger partial charge in [0.1, 0.15) is 0 Å². The molecule has 2 aromatic carbocycles. The third-order valence-electron chi connectivity index (χ3n) is 2.84. The molecule has 0 heterocycles. The lowest BCUT2D eigenvalue weighted by Crippen LogP contribution is -2.03. The summed E-state index contributed by atoms with van der Waals surface area (Å²) in [6.45, 7) is 0. The zero-order chi connectivity index (χ0) is 15.4. The number of benzene rings is 2. The maximum absolute atomic E-state index is 12.4. The molecule has 6 heteroatoms. The largest absolute Gasteiger partial charge is 0.465 e. The van der Waals surface area contributed by atoms with Gasteiger partial charge in [0, 0.05) is 8.95 Å². The Kier molecular flexibility index (Phi) is 5.72. The molecule has 3 nitrogen and oxygen atoms in total. The van der Waals surface area contributed by atoms with E-state index in [1.165, 1.54) is 7.11 Å². The van der Waals surface area contributed by atoms with Gasteiger partial charge < -0.3 is 4.74 Å². The van der Waals surface area contributed by atoms with Crippen molar-refractivity contribution in [3.05, 3.63) is 62.5 Å². The summed E-state index contributed by atoms with van der Waals surface area (Å²) in [5, 5.41) is 0. The van der Waals surface area contributed by atoms with Crippen molar-refractivity contribution in [1.29, 1.82) is 0 Å². The molecule has 0 bridgehead atoms. The van der Waals surface area contributed by atoms with Gasteiger partial charge in [0.05, 0.1) is 34.1 Å². The minimum Gasteiger partial charge on any atom is -0.465 e. The highest BCUT2D eigenvalue weighted by Gasteiger charge is 2.13. The van der Waals surface area contributed by atoms with Crippen LogP contribution in [0.2, 0.25) is 0 Å². The van der Waals surface area contributed by atoms with E-state index in [1.54, 1.807) is 18.2 Å². The molecule has 110 valence electrons. The van der Waals surface area contributed by atoms with Crippen LogP contribution in [0.5, 0.6) is 0 Å². The highest BCUT2D eigenvalue weighted by Crippen LogP contribution is 2.25. The number of methoxy groups -OCH3 is 1. The number of hydrogen-bond acceptors (Lipinski definition) is 3. The van der Waals surface area contributed by atoms with Gasteiger partial charge in [0.25, 0.3) is 0 Å². The van der Waals surface area contributed by atoms with Crippen LogP contribution in [-0.2, 0) is 21.3 Å². The van der Waals surface area contributed by atoms with Crippen LogP contribution in [0.15, 0.2) is 56.3 Å². The quantitative estimate of drug-likeness (QED) is 0.677. The monoisotopic (exact) mass is 430 g/mol. The first-order valence-corrected chi connectivity index (χ1v) is 8.93. The number of carbonyl (C=O) groups is 1. The zero-order valence-electron chi connectivity index (χ0n) is 11.1. The van der Waals surface area contributed by atoms with Crippen LogP contribution in [0.3, 0.4) is 0 Å². The molecule has 0 saturated heterocycles. The molecule has 0 amide bonds. The third-order valence-corrected chi connectivity index (χ3v) is 5.95. The van der Waals surface area contributed by atoms with Crippen LogP contribution < -0.4 is 0 Å². The fraction of sp³-hybridized carbons (Fsp3) is 0.133. The van der Waals surface area contributed by atoms with Crippen molar-refractivity contribution in [3.63, 3.8) is 0 Å². The molecule has 1 atom stereocenters. The maximum atomic E-state index is 12.4. The van der Waals surface area contributed by atoms with E-state index in [0.29, 0.717) is 11.3 Å². The first-order chi connectivity index (χ1) is 10.0. The van der Waals surface area contributed by atoms with Crippen molar-refractivity contribution in [2.75, 3.05) is 7.11 Å². The minimum atomic E-state index is -1.17. The van der Waals surface area contributed by atoms with Gasteiger partial charge in [-0.2, -0.15) is 0 Å². The molecule has 0 spiro atoms. The Balaban J connectivity index is 2.22. The number of hydrogen-bond donors (Lipinski definition) is 0. The summed E-state index contributed by atoms with van der Waals surface area (Å²) in [5.41, 5.74) is 1.33. The molecular formula is C15H12Br2O3S. The summed E-state index contributed by atoms with van der Waals surface area (Å²) in [6, 6.07) is 12.6. The number of carbonyl (C=O) groups excluding carboxylic acids is 1. The molecule has 0 aromatic heterocycles. The van der Waals surface area contributed by atoms with E-state index < -0.39 is 16.8 Å². The lowest BCUT2D eigenvalue weighted by atomic mass is 10.1. The average Bonchev–Trinajstić information content (AvgIpc) is 2.48. The first kappa shape index (κ1) is 16.4. The van der Waals surface area contributed by atoms with E-state index in [2.05, 4.69) is 36.6 Å². The fourth-order valence-corrected chi connectivity index (χ4v) is 4.49. The SMILES string of the molecule is COC(=O)c1ccc(CS(=O)c2ccccc2Br)c(Br)c1. The summed E-state index contributed by atoms with van der Waals surface area (Å²) in [7, 11) is 0.171. The molecule has 0 aliphatic heterocycles. The molecular weight excluding hydrogens is 420 g/mol. The highest BCUT2D eigenvalue weighted by molar-refractivity contribution is 9.10. The standard InChI is InChI=1S/C15H12Br2O3S/c1-20-15(18)10-6-7-11(13(17)8-10)9-21(19)14-5-3-2-4-12(14)16/h2-8H,9H2,1H3. The van der Waals surface area contributed by atoms with E-state index in [9.17, 15) is 9.00 Å². The fourth-order valence-electron chi connectivity index (χ4n) is 1.76. The Hall–Kier alpha value is -0.980. The number of ether oxygens (including phenoxy) is 1. The van der Waals surface area contributed by atoms with Gasteiger partial charge in [-0.1, -0.05) is 34.1 Å². The lowest BCUT2D eigenvalue weighted by molar-refractivity contribution is 0.0600. The second-order valence-electron chi connectivity index (χ2n) is 4.22. The van der Waals surface area contributed by atoms with Crippen LogP contribution in [0.4, 0.5) is 0 Å². The van der Waals surface area contributed by atoms with E-state index in [4.69, 9.17) is 0 Å². The summed E-state index contributed by atoms with van der Waals surface area (Å²) in [5.74, 6) is -0.0286. The molecule has 2 aromatic rings. The lowest BCUT2D eigenvalue weighted by Gasteiger charge is -2.08. The molecule has 0 radical (unpaired) electrons. The van der Waals surface area contributed by atoms with Gasteiger partial charge in [0.15, 0.2) is 0 Å². The smallest absolute Gasteiger partial charge is 0.337 e. The van der Waals surface area contributed by atoms with Crippen molar-refractivity contribution < 1.29 is 13.7 Å². The molecule has 0 fully saturated rings. The van der Waals surface area contributed by atoms with E-state index >= 15 is 0 Å². The maximum Gasteiger partial charge on any atom is 0.337 e. The predicted octanol–water partition coefficient (Wildman–Crippen LogP) is 4.31. The molecule has 21 heavy (non-hydrogen) atoms. The molecule has 0 saturated carbocycles. The Labute approximate surface area is 142 Å². The van der Waals surface area contributed by atoms with Crippen LogP contribution in [-0.4, -0.2) is 17.3 Å². The predicted molar refractivity (Wildman–Crippen MR) is 89.7 cm³/mol. The van der Waals surface area contributed by atoms with Crippen LogP contribution >= 0.6 is 31.9 Å². The van der Waals surface area contributed by atoms with Gasteiger partial charge in [-0.15, -0.1) is 0 Å². The zero-order valence-corrected chi connectivity index (χ0v) is 15.1. The first-order valence-electron chi connectivity index (χ1n) is 6.02.